The van der Waals surface area contributed by atoms with Gasteiger partial charge in [-0.05, 0) is 36.1 Å². The van der Waals surface area contributed by atoms with E-state index in [1.54, 1.807) is 30.0 Å². The molecule has 0 saturated carbocycles. The van der Waals surface area contributed by atoms with E-state index in [0.717, 1.165) is 11.1 Å². The Balaban J connectivity index is 2.39. The maximum absolute atomic E-state index is 12.2. The Morgan fingerprint density at radius 1 is 1.39 bits per heavy atom. The maximum Gasteiger partial charge on any atom is 0.258 e. The van der Waals surface area contributed by atoms with Crippen LogP contribution in [-0.4, -0.2) is 11.7 Å². The van der Waals surface area contributed by atoms with Crippen molar-refractivity contribution in [3.8, 4) is 11.8 Å². The average Bonchev–Trinajstić information content (AvgIpc) is 2.41. The van der Waals surface area contributed by atoms with Gasteiger partial charge in [0.15, 0.2) is 0 Å². The monoisotopic (exact) mass is 242 g/mol. The second-order valence-electron chi connectivity index (χ2n) is 4.03. The van der Waals surface area contributed by atoms with Crippen LogP contribution in [0.1, 0.15) is 12.8 Å². The fraction of sp³-hybridized carbons (Fsp3) is 0.286. The van der Waals surface area contributed by atoms with Crippen molar-refractivity contribution in [1.29, 1.82) is 5.26 Å². The third kappa shape index (κ3) is 2.35. The summed E-state index contributed by atoms with van der Waals surface area (Å²) in [6.45, 7) is 0.578. The molecule has 0 radical (unpaired) electrons. The topological polar surface area (TPSA) is 55.0 Å². The number of aryl methyl sites for hydroxylation is 1. The standard InChI is InChI=1S/C14H14N2O2/c1-18-12-4-5-13-11(10-12)6-9-16(14(13)17)8-3-2-7-15/h4-6,9-10H,2-3,8H2,1H3. The number of rotatable bonds is 4. The average molecular weight is 242 g/mol. The summed E-state index contributed by atoms with van der Waals surface area (Å²) in [5.41, 5.74) is -0.0203. The van der Waals surface area contributed by atoms with Gasteiger partial charge in [0, 0.05) is 24.5 Å². The quantitative estimate of drug-likeness (QED) is 0.773. The van der Waals surface area contributed by atoms with Crippen molar-refractivity contribution in [2.24, 2.45) is 0 Å². The molecule has 0 amide bonds. The predicted octanol–water partition coefficient (Wildman–Crippen LogP) is 2.31. The second kappa shape index (κ2) is 5.37. The highest BCUT2D eigenvalue weighted by atomic mass is 16.5. The Morgan fingerprint density at radius 2 is 2.22 bits per heavy atom. The van der Waals surface area contributed by atoms with Crippen molar-refractivity contribution >= 4 is 10.8 Å². The van der Waals surface area contributed by atoms with Gasteiger partial charge in [0.05, 0.1) is 13.2 Å². The Kier molecular flexibility index (Phi) is 3.63. The summed E-state index contributed by atoms with van der Waals surface area (Å²) in [6, 6.07) is 9.37. The highest BCUT2D eigenvalue weighted by Gasteiger charge is 2.03. The molecular formula is C14H14N2O2. The molecule has 4 heteroatoms. The zero-order chi connectivity index (χ0) is 13.0. The number of benzene rings is 1. The first kappa shape index (κ1) is 12.2. The van der Waals surface area contributed by atoms with E-state index in [-0.39, 0.29) is 5.56 Å². The lowest BCUT2D eigenvalue weighted by Gasteiger charge is -2.07. The van der Waals surface area contributed by atoms with Crippen molar-refractivity contribution < 1.29 is 4.74 Å². The van der Waals surface area contributed by atoms with Gasteiger partial charge in [0.2, 0.25) is 0 Å². The van der Waals surface area contributed by atoms with E-state index >= 15 is 0 Å². The Morgan fingerprint density at radius 3 is 2.94 bits per heavy atom. The molecule has 92 valence electrons. The molecule has 0 aliphatic heterocycles. The molecule has 1 aromatic carbocycles. The molecular weight excluding hydrogens is 228 g/mol. The zero-order valence-corrected chi connectivity index (χ0v) is 10.2. The minimum Gasteiger partial charge on any atom is -0.497 e. The van der Waals surface area contributed by atoms with Crippen LogP contribution in [0.2, 0.25) is 0 Å². The van der Waals surface area contributed by atoms with E-state index in [1.807, 2.05) is 12.1 Å². The first-order valence-electron chi connectivity index (χ1n) is 5.80. The van der Waals surface area contributed by atoms with Crippen LogP contribution in [0.25, 0.3) is 10.8 Å². The van der Waals surface area contributed by atoms with Crippen LogP contribution < -0.4 is 10.3 Å². The van der Waals surface area contributed by atoms with Crippen LogP contribution in [0.4, 0.5) is 0 Å². The molecule has 0 bridgehead atoms. The van der Waals surface area contributed by atoms with E-state index in [2.05, 4.69) is 6.07 Å². The molecule has 1 aromatic heterocycles. The molecule has 1 heterocycles. The van der Waals surface area contributed by atoms with Crippen LogP contribution in [0.3, 0.4) is 0 Å². The van der Waals surface area contributed by atoms with Crippen molar-refractivity contribution in [3.05, 3.63) is 40.8 Å². The van der Waals surface area contributed by atoms with Gasteiger partial charge < -0.3 is 9.30 Å². The highest BCUT2D eigenvalue weighted by molar-refractivity contribution is 5.82. The number of aromatic nitrogens is 1. The van der Waals surface area contributed by atoms with Crippen LogP contribution in [0.5, 0.6) is 5.75 Å². The van der Waals surface area contributed by atoms with E-state index < -0.39 is 0 Å². The zero-order valence-electron chi connectivity index (χ0n) is 10.2. The molecule has 0 fully saturated rings. The lowest BCUT2D eigenvalue weighted by molar-refractivity contribution is 0.415. The van der Waals surface area contributed by atoms with Gasteiger partial charge in [-0.2, -0.15) is 5.26 Å². The fourth-order valence-corrected chi connectivity index (χ4v) is 1.90. The van der Waals surface area contributed by atoms with E-state index in [9.17, 15) is 4.79 Å². The van der Waals surface area contributed by atoms with Crippen molar-refractivity contribution in [1.82, 2.24) is 4.57 Å². The Hall–Kier alpha value is -2.28. The maximum atomic E-state index is 12.2. The molecule has 4 nitrogen and oxygen atoms in total. The smallest absolute Gasteiger partial charge is 0.258 e. The van der Waals surface area contributed by atoms with Crippen molar-refractivity contribution in [2.75, 3.05) is 7.11 Å². The van der Waals surface area contributed by atoms with Gasteiger partial charge >= 0.3 is 0 Å². The summed E-state index contributed by atoms with van der Waals surface area (Å²) < 4.78 is 6.77. The second-order valence-corrected chi connectivity index (χ2v) is 4.03. The van der Waals surface area contributed by atoms with Gasteiger partial charge in [-0.3, -0.25) is 4.79 Å². The van der Waals surface area contributed by atoms with Gasteiger partial charge in [0.25, 0.3) is 5.56 Å². The SMILES string of the molecule is COc1ccc2c(=O)n(CCCC#N)ccc2c1. The Labute approximate surface area is 105 Å². The van der Waals surface area contributed by atoms with Crippen molar-refractivity contribution in [3.63, 3.8) is 0 Å². The number of nitriles is 1. The van der Waals surface area contributed by atoms with Gasteiger partial charge in [-0.25, -0.2) is 0 Å². The predicted molar refractivity (Wildman–Crippen MR) is 69.6 cm³/mol. The summed E-state index contributed by atoms with van der Waals surface area (Å²) >= 11 is 0. The lowest BCUT2D eigenvalue weighted by Crippen LogP contribution is -2.19. The van der Waals surface area contributed by atoms with Gasteiger partial charge in [-0.15, -0.1) is 0 Å². The summed E-state index contributed by atoms with van der Waals surface area (Å²) in [5, 5.41) is 10.0. The van der Waals surface area contributed by atoms with Crippen LogP contribution in [0, 0.1) is 11.3 Å². The number of pyridine rings is 1. The highest BCUT2D eigenvalue weighted by Crippen LogP contribution is 2.17. The minimum atomic E-state index is -0.0203. The number of hydrogen-bond donors (Lipinski definition) is 0. The van der Waals surface area contributed by atoms with E-state index in [1.165, 1.54) is 0 Å². The Bertz CT molecular complexity index is 653. The van der Waals surface area contributed by atoms with Crippen LogP contribution in [0.15, 0.2) is 35.3 Å². The van der Waals surface area contributed by atoms with Crippen LogP contribution >= 0.6 is 0 Å². The summed E-state index contributed by atoms with van der Waals surface area (Å²) in [4.78, 5) is 12.2. The third-order valence-electron chi connectivity index (χ3n) is 2.87. The molecule has 2 aromatic rings. The summed E-state index contributed by atoms with van der Waals surface area (Å²) in [5.74, 6) is 0.740. The first-order chi connectivity index (χ1) is 8.76. The van der Waals surface area contributed by atoms with E-state index in [0.29, 0.717) is 24.8 Å². The third-order valence-corrected chi connectivity index (χ3v) is 2.87. The summed E-state index contributed by atoms with van der Waals surface area (Å²) in [7, 11) is 1.60. The minimum absolute atomic E-state index is 0.0203. The molecule has 0 N–H and O–H groups in total. The first-order valence-corrected chi connectivity index (χ1v) is 5.80. The van der Waals surface area contributed by atoms with Gasteiger partial charge in [0.1, 0.15) is 5.75 Å². The molecule has 0 unspecified atom stereocenters. The lowest BCUT2D eigenvalue weighted by atomic mass is 10.1. The molecule has 0 aliphatic rings. The number of ether oxygens (including phenoxy) is 1. The van der Waals surface area contributed by atoms with Gasteiger partial charge in [-0.1, -0.05) is 0 Å². The molecule has 2 rings (SSSR count). The molecule has 0 spiro atoms. The van der Waals surface area contributed by atoms with Crippen molar-refractivity contribution in [2.45, 2.75) is 19.4 Å². The fourth-order valence-electron chi connectivity index (χ4n) is 1.90. The van der Waals surface area contributed by atoms with Crippen LogP contribution in [-0.2, 0) is 6.54 Å². The number of nitrogens with zero attached hydrogens (tertiary/aromatic N) is 2. The normalized spacial score (nSPS) is 10.2. The molecule has 0 atom stereocenters. The number of hydrogen-bond acceptors (Lipinski definition) is 3. The molecule has 18 heavy (non-hydrogen) atoms. The van der Waals surface area contributed by atoms with E-state index in [4.69, 9.17) is 10.00 Å². The largest absolute Gasteiger partial charge is 0.497 e. The summed E-state index contributed by atoms with van der Waals surface area (Å²) in [6.07, 6.45) is 2.92. The number of fused-ring (bicyclic) bond motifs is 1. The number of unbranched alkanes of at least 4 members (excludes halogenated alkanes) is 1. The molecule has 0 aliphatic carbocycles. The molecule has 0 saturated heterocycles. The number of methoxy groups -OCH3 is 1.